The summed E-state index contributed by atoms with van der Waals surface area (Å²) in [6.45, 7) is 0. The lowest BCUT2D eigenvalue weighted by Gasteiger charge is -2.39. The monoisotopic (exact) mass is 345 g/mol. The molecular formula is C16H27NO5S. The molecule has 0 aromatic heterocycles. The fourth-order valence-electron chi connectivity index (χ4n) is 4.06. The highest BCUT2D eigenvalue weighted by molar-refractivity contribution is 7.91. The van der Waals surface area contributed by atoms with Crippen molar-refractivity contribution in [2.75, 3.05) is 13.3 Å². The first-order valence-corrected chi connectivity index (χ1v) is 10.4. The molecule has 0 aromatic carbocycles. The first kappa shape index (κ1) is 18.2. The molecular weight excluding hydrogens is 318 g/mol. The van der Waals surface area contributed by atoms with Crippen LogP contribution in [0.2, 0.25) is 0 Å². The van der Waals surface area contributed by atoms with E-state index in [1.165, 1.54) is 6.26 Å². The lowest BCUT2D eigenvalue weighted by molar-refractivity contribution is -0.146. The normalized spacial score (nSPS) is 32.3. The van der Waals surface area contributed by atoms with Gasteiger partial charge in [0.25, 0.3) is 0 Å². The smallest absolute Gasteiger partial charge is 0.306 e. The Hall–Kier alpha value is -1.11. The molecule has 2 saturated carbocycles. The van der Waals surface area contributed by atoms with Gasteiger partial charge >= 0.3 is 5.97 Å². The van der Waals surface area contributed by atoms with Gasteiger partial charge in [-0.05, 0) is 38.5 Å². The number of sulfone groups is 1. The van der Waals surface area contributed by atoms with Crippen molar-refractivity contribution in [2.45, 2.75) is 62.7 Å². The minimum atomic E-state index is -3.18. The lowest BCUT2D eigenvalue weighted by Crippen LogP contribution is -2.51. The number of carbonyl (C=O) groups excluding carboxylic acids is 1. The third-order valence-electron chi connectivity index (χ3n) is 5.49. The summed E-state index contributed by atoms with van der Waals surface area (Å²) in [6.07, 6.45) is 6.65. The Morgan fingerprint density at radius 2 is 1.48 bits per heavy atom. The minimum Gasteiger partial charge on any atom is -0.481 e. The van der Waals surface area contributed by atoms with Crippen molar-refractivity contribution in [3.05, 3.63) is 0 Å². The molecule has 0 aromatic rings. The average molecular weight is 345 g/mol. The summed E-state index contributed by atoms with van der Waals surface area (Å²) >= 11 is 0. The van der Waals surface area contributed by atoms with Gasteiger partial charge in [0.1, 0.15) is 0 Å². The summed E-state index contributed by atoms with van der Waals surface area (Å²) in [5.41, 5.74) is 0. The zero-order valence-electron chi connectivity index (χ0n) is 13.9. The number of carboxylic acid groups (broad SMARTS) is 1. The molecule has 23 heavy (non-hydrogen) atoms. The predicted octanol–water partition coefficient (Wildman–Crippen LogP) is 1.69. The Balaban J connectivity index is 2.02. The van der Waals surface area contributed by atoms with Crippen molar-refractivity contribution in [1.29, 1.82) is 0 Å². The Labute approximate surface area is 138 Å². The molecule has 2 atom stereocenters. The van der Waals surface area contributed by atoms with E-state index < -0.39 is 21.1 Å². The number of hydrogen-bond donors (Lipinski definition) is 1. The topological polar surface area (TPSA) is 91.8 Å². The Kier molecular flexibility index (Phi) is 5.70. The second-order valence-electron chi connectivity index (χ2n) is 7.06. The van der Waals surface area contributed by atoms with Gasteiger partial charge in [0.15, 0.2) is 9.84 Å². The zero-order valence-corrected chi connectivity index (χ0v) is 14.7. The van der Waals surface area contributed by atoms with Crippen LogP contribution in [0.1, 0.15) is 51.4 Å². The summed E-state index contributed by atoms with van der Waals surface area (Å²) < 4.78 is 24.0. The van der Waals surface area contributed by atoms with Gasteiger partial charge in [-0.25, -0.2) is 8.42 Å². The molecule has 2 aliphatic carbocycles. The van der Waals surface area contributed by atoms with Gasteiger partial charge < -0.3 is 10.0 Å². The number of nitrogens with zero attached hydrogens (tertiary/aromatic N) is 1. The van der Waals surface area contributed by atoms with E-state index in [4.69, 9.17) is 5.11 Å². The van der Waals surface area contributed by atoms with Crippen LogP contribution in [0.4, 0.5) is 0 Å². The van der Waals surface area contributed by atoms with Gasteiger partial charge in [-0.1, -0.05) is 12.8 Å². The molecule has 0 radical (unpaired) electrons. The summed E-state index contributed by atoms with van der Waals surface area (Å²) in [7, 11) is -1.47. The molecule has 6 nitrogen and oxygen atoms in total. The van der Waals surface area contributed by atoms with E-state index >= 15 is 0 Å². The number of aliphatic carboxylic acids is 1. The maximum absolute atomic E-state index is 12.7. The van der Waals surface area contributed by atoms with Crippen LogP contribution in [-0.4, -0.2) is 54.9 Å². The van der Waals surface area contributed by atoms with Gasteiger partial charge in [0.2, 0.25) is 5.91 Å². The van der Waals surface area contributed by atoms with Gasteiger partial charge in [-0.3, -0.25) is 9.59 Å². The zero-order chi connectivity index (χ0) is 17.2. The molecule has 2 rings (SSSR count). The van der Waals surface area contributed by atoms with Gasteiger partial charge in [0.05, 0.1) is 11.2 Å². The number of carboxylic acids is 1. The second kappa shape index (κ2) is 7.20. The van der Waals surface area contributed by atoms with E-state index in [1.54, 1.807) is 11.9 Å². The van der Waals surface area contributed by atoms with Crippen molar-refractivity contribution in [1.82, 2.24) is 4.90 Å². The number of amides is 1. The van der Waals surface area contributed by atoms with E-state index in [2.05, 4.69) is 0 Å². The van der Waals surface area contributed by atoms with Crippen LogP contribution in [0.3, 0.4) is 0 Å². The third kappa shape index (κ3) is 4.25. The molecule has 7 heteroatoms. The van der Waals surface area contributed by atoms with Crippen molar-refractivity contribution in [2.24, 2.45) is 11.8 Å². The van der Waals surface area contributed by atoms with Crippen LogP contribution in [0, 0.1) is 11.8 Å². The molecule has 1 N–H and O–H groups in total. The first-order valence-electron chi connectivity index (χ1n) is 8.40. The third-order valence-corrected chi connectivity index (χ3v) is 7.14. The fraction of sp³-hybridized carbons (Fsp3) is 0.875. The molecule has 0 heterocycles. The van der Waals surface area contributed by atoms with Crippen molar-refractivity contribution in [3.63, 3.8) is 0 Å². The quantitative estimate of drug-likeness (QED) is 0.837. The molecule has 0 bridgehead atoms. The highest BCUT2D eigenvalue weighted by Crippen LogP contribution is 2.33. The molecule has 132 valence electrons. The summed E-state index contributed by atoms with van der Waals surface area (Å²) in [6, 6.07) is -0.247. The SMILES string of the molecule is CN(C(=O)C1CCC(C(=O)O)CC1)[C@@H]1CCCC[C@@H]1S(C)(=O)=O. The van der Waals surface area contributed by atoms with Crippen molar-refractivity contribution < 1.29 is 23.1 Å². The van der Waals surface area contributed by atoms with E-state index in [0.717, 1.165) is 19.3 Å². The largest absolute Gasteiger partial charge is 0.481 e. The van der Waals surface area contributed by atoms with E-state index in [9.17, 15) is 18.0 Å². The maximum atomic E-state index is 12.7. The molecule has 2 fully saturated rings. The van der Waals surface area contributed by atoms with Gasteiger partial charge in [-0.2, -0.15) is 0 Å². The van der Waals surface area contributed by atoms with Crippen LogP contribution < -0.4 is 0 Å². The van der Waals surface area contributed by atoms with Crippen LogP contribution >= 0.6 is 0 Å². The summed E-state index contributed by atoms with van der Waals surface area (Å²) in [5.74, 6) is -1.32. The molecule has 2 aliphatic rings. The van der Waals surface area contributed by atoms with Crippen molar-refractivity contribution in [3.8, 4) is 0 Å². The highest BCUT2D eigenvalue weighted by Gasteiger charge is 2.39. The van der Waals surface area contributed by atoms with Gasteiger partial charge in [0, 0.05) is 25.3 Å². The van der Waals surface area contributed by atoms with Crippen LogP contribution in [0.5, 0.6) is 0 Å². The highest BCUT2D eigenvalue weighted by atomic mass is 32.2. The lowest BCUT2D eigenvalue weighted by atomic mass is 9.81. The summed E-state index contributed by atoms with van der Waals surface area (Å²) in [5, 5.41) is 8.57. The predicted molar refractivity (Wildman–Crippen MR) is 86.7 cm³/mol. The van der Waals surface area contributed by atoms with Gasteiger partial charge in [-0.15, -0.1) is 0 Å². The summed E-state index contributed by atoms with van der Waals surface area (Å²) in [4.78, 5) is 25.4. The van der Waals surface area contributed by atoms with E-state index in [0.29, 0.717) is 32.1 Å². The molecule has 0 saturated heterocycles. The fourth-order valence-corrected chi connectivity index (χ4v) is 5.54. The number of rotatable bonds is 4. The van der Waals surface area contributed by atoms with Crippen LogP contribution in [0.15, 0.2) is 0 Å². The Morgan fingerprint density at radius 3 is 2.00 bits per heavy atom. The van der Waals surface area contributed by atoms with Crippen LogP contribution in [-0.2, 0) is 19.4 Å². The molecule has 0 spiro atoms. The van der Waals surface area contributed by atoms with E-state index in [1.807, 2.05) is 0 Å². The molecule has 0 unspecified atom stereocenters. The number of carbonyl (C=O) groups is 2. The first-order chi connectivity index (χ1) is 10.7. The van der Waals surface area contributed by atoms with Crippen molar-refractivity contribution >= 4 is 21.7 Å². The minimum absolute atomic E-state index is 0.0191. The number of hydrogen-bond acceptors (Lipinski definition) is 4. The standard InChI is InChI=1S/C16H27NO5S/c1-17(13-5-3-4-6-14(13)23(2,21)22)15(18)11-7-9-12(10-8-11)16(19)20/h11-14H,3-10H2,1-2H3,(H,19,20)/t11?,12?,13-,14+/m1/s1. The second-order valence-corrected chi connectivity index (χ2v) is 9.32. The average Bonchev–Trinajstić information content (AvgIpc) is 2.52. The Morgan fingerprint density at radius 1 is 0.957 bits per heavy atom. The molecule has 1 amide bonds. The van der Waals surface area contributed by atoms with E-state index in [-0.39, 0.29) is 23.8 Å². The Bertz CT molecular complexity index is 551. The maximum Gasteiger partial charge on any atom is 0.306 e. The molecule has 0 aliphatic heterocycles. The van der Waals surface area contributed by atoms with Crippen LogP contribution in [0.25, 0.3) is 0 Å².